The molecule has 0 unspecified atom stereocenters. The van der Waals surface area contributed by atoms with Crippen LogP contribution in [0.3, 0.4) is 0 Å². The summed E-state index contributed by atoms with van der Waals surface area (Å²) in [7, 11) is 1.43. The van der Waals surface area contributed by atoms with Crippen LogP contribution in [0.1, 0.15) is 12.0 Å². The molecule has 0 bridgehead atoms. The van der Waals surface area contributed by atoms with Gasteiger partial charge in [-0.25, -0.2) is 4.39 Å². The highest BCUT2D eigenvalue weighted by molar-refractivity contribution is 7.98. The van der Waals surface area contributed by atoms with Crippen LogP contribution in [0.25, 0.3) is 10.7 Å². The molecule has 26 heavy (non-hydrogen) atoms. The molecule has 2 aromatic heterocycles. The fraction of sp³-hybridized carbons (Fsp3) is 0.235. The fourth-order valence-electron chi connectivity index (χ4n) is 2.35. The number of nitrogens with zero attached hydrogens (tertiary/aromatic N) is 3. The second-order valence-corrected chi connectivity index (χ2v) is 7.30. The standard InChI is InChI=1S/C17H17FN4O2S2/c1-24-13-5-4-11(9-12(13)18)10-26-17-21-20-16(14-3-2-8-25-14)22(17)7-6-15(19)23/h2-5,8-9H,6-7,10H2,1H3,(H2,19,23). The molecule has 0 radical (unpaired) electrons. The Hall–Kier alpha value is -2.39. The number of benzene rings is 1. The van der Waals surface area contributed by atoms with Gasteiger partial charge < -0.3 is 15.0 Å². The number of carbonyl (C=O) groups excluding carboxylic acids is 1. The SMILES string of the molecule is COc1ccc(CSc2nnc(-c3cccs3)n2CCC(N)=O)cc1F. The quantitative estimate of drug-likeness (QED) is 0.595. The molecule has 0 saturated carbocycles. The van der Waals surface area contributed by atoms with Gasteiger partial charge >= 0.3 is 0 Å². The molecule has 0 spiro atoms. The molecule has 0 fully saturated rings. The number of carbonyl (C=O) groups is 1. The van der Waals surface area contributed by atoms with E-state index in [9.17, 15) is 9.18 Å². The molecule has 0 atom stereocenters. The summed E-state index contributed by atoms with van der Waals surface area (Å²) in [5.41, 5.74) is 6.09. The number of amides is 1. The summed E-state index contributed by atoms with van der Waals surface area (Å²) in [5.74, 6) is 0.636. The van der Waals surface area contributed by atoms with Crippen LogP contribution in [0.15, 0.2) is 40.9 Å². The summed E-state index contributed by atoms with van der Waals surface area (Å²) in [4.78, 5) is 12.2. The lowest BCUT2D eigenvalue weighted by molar-refractivity contribution is -0.118. The average Bonchev–Trinajstić information content (AvgIpc) is 3.27. The molecule has 1 aromatic carbocycles. The van der Waals surface area contributed by atoms with E-state index in [1.54, 1.807) is 23.5 Å². The first-order chi connectivity index (χ1) is 12.6. The molecular weight excluding hydrogens is 375 g/mol. The molecule has 2 heterocycles. The molecule has 0 aliphatic heterocycles. The first-order valence-corrected chi connectivity index (χ1v) is 9.65. The van der Waals surface area contributed by atoms with E-state index in [2.05, 4.69) is 10.2 Å². The number of aromatic nitrogens is 3. The molecule has 6 nitrogen and oxygen atoms in total. The number of thiophene rings is 1. The summed E-state index contributed by atoms with van der Waals surface area (Å²) in [6.07, 6.45) is 0.196. The summed E-state index contributed by atoms with van der Waals surface area (Å²) < 4.78 is 20.6. The van der Waals surface area contributed by atoms with Gasteiger partial charge in [0.1, 0.15) is 0 Å². The highest BCUT2D eigenvalue weighted by atomic mass is 32.2. The topological polar surface area (TPSA) is 83.0 Å². The largest absolute Gasteiger partial charge is 0.494 e. The monoisotopic (exact) mass is 392 g/mol. The van der Waals surface area contributed by atoms with Crippen LogP contribution < -0.4 is 10.5 Å². The van der Waals surface area contributed by atoms with E-state index < -0.39 is 5.82 Å². The summed E-state index contributed by atoms with van der Waals surface area (Å²) in [6, 6.07) is 8.72. The minimum absolute atomic E-state index is 0.196. The van der Waals surface area contributed by atoms with Crippen molar-refractivity contribution in [3.8, 4) is 16.5 Å². The van der Waals surface area contributed by atoms with Crippen LogP contribution in [-0.2, 0) is 17.1 Å². The van der Waals surface area contributed by atoms with E-state index in [1.807, 2.05) is 22.1 Å². The number of hydrogen-bond acceptors (Lipinski definition) is 6. The Bertz CT molecular complexity index is 896. The minimum Gasteiger partial charge on any atom is -0.494 e. The maximum absolute atomic E-state index is 13.8. The molecule has 9 heteroatoms. The van der Waals surface area contributed by atoms with Crippen LogP contribution in [-0.4, -0.2) is 27.8 Å². The van der Waals surface area contributed by atoms with Gasteiger partial charge in [-0.05, 0) is 29.1 Å². The Morgan fingerprint density at radius 1 is 1.38 bits per heavy atom. The lowest BCUT2D eigenvalue weighted by Crippen LogP contribution is -2.14. The van der Waals surface area contributed by atoms with Gasteiger partial charge in [0.15, 0.2) is 22.5 Å². The molecule has 2 N–H and O–H groups in total. The third-order valence-corrected chi connectivity index (χ3v) is 5.53. The highest BCUT2D eigenvalue weighted by Crippen LogP contribution is 2.29. The van der Waals surface area contributed by atoms with Crippen LogP contribution in [0, 0.1) is 5.82 Å². The predicted octanol–water partition coefficient (Wildman–Crippen LogP) is 3.32. The molecular formula is C17H17FN4O2S2. The summed E-state index contributed by atoms with van der Waals surface area (Å²) >= 11 is 2.97. The third kappa shape index (κ3) is 4.23. The number of rotatable bonds is 8. The Labute approximate surface area is 158 Å². The Kier molecular flexibility index (Phi) is 5.89. The van der Waals surface area contributed by atoms with Crippen molar-refractivity contribution in [1.82, 2.24) is 14.8 Å². The number of primary amides is 1. The second-order valence-electron chi connectivity index (χ2n) is 5.41. The van der Waals surface area contributed by atoms with E-state index in [4.69, 9.17) is 10.5 Å². The van der Waals surface area contributed by atoms with Crippen LogP contribution >= 0.6 is 23.1 Å². The van der Waals surface area contributed by atoms with Crippen LogP contribution in [0.2, 0.25) is 0 Å². The number of nitrogens with two attached hydrogens (primary N) is 1. The number of hydrogen-bond donors (Lipinski definition) is 1. The lowest BCUT2D eigenvalue weighted by Gasteiger charge is -2.09. The lowest BCUT2D eigenvalue weighted by atomic mass is 10.2. The zero-order chi connectivity index (χ0) is 18.5. The van der Waals surface area contributed by atoms with Gasteiger partial charge in [-0.1, -0.05) is 23.9 Å². The molecule has 0 aliphatic rings. The zero-order valence-corrected chi connectivity index (χ0v) is 15.6. The van der Waals surface area contributed by atoms with E-state index >= 15 is 0 Å². The van der Waals surface area contributed by atoms with Crippen molar-refractivity contribution in [3.05, 3.63) is 47.1 Å². The van der Waals surface area contributed by atoms with Crippen molar-refractivity contribution in [2.24, 2.45) is 5.73 Å². The van der Waals surface area contributed by atoms with Gasteiger partial charge in [-0.15, -0.1) is 21.5 Å². The Morgan fingerprint density at radius 3 is 2.88 bits per heavy atom. The van der Waals surface area contributed by atoms with Gasteiger partial charge in [-0.2, -0.15) is 0 Å². The van der Waals surface area contributed by atoms with Crippen molar-refractivity contribution in [2.45, 2.75) is 23.9 Å². The van der Waals surface area contributed by atoms with Gasteiger partial charge in [0.25, 0.3) is 0 Å². The van der Waals surface area contributed by atoms with Crippen LogP contribution in [0.5, 0.6) is 5.75 Å². The fourth-order valence-corrected chi connectivity index (χ4v) is 3.98. The number of methoxy groups -OCH3 is 1. The van der Waals surface area contributed by atoms with Gasteiger partial charge in [-0.3, -0.25) is 4.79 Å². The predicted molar refractivity (Wildman–Crippen MR) is 99.7 cm³/mol. The van der Waals surface area contributed by atoms with Crippen molar-refractivity contribution in [1.29, 1.82) is 0 Å². The first-order valence-electron chi connectivity index (χ1n) is 7.79. The number of ether oxygens (including phenoxy) is 1. The van der Waals surface area contributed by atoms with Crippen LogP contribution in [0.4, 0.5) is 4.39 Å². The van der Waals surface area contributed by atoms with E-state index in [-0.39, 0.29) is 18.1 Å². The van der Waals surface area contributed by atoms with Gasteiger partial charge in [0, 0.05) is 18.7 Å². The molecule has 3 aromatic rings. The molecule has 0 aliphatic carbocycles. The number of halogens is 1. The highest BCUT2D eigenvalue weighted by Gasteiger charge is 2.16. The zero-order valence-electron chi connectivity index (χ0n) is 14.0. The normalized spacial score (nSPS) is 10.8. The molecule has 3 rings (SSSR count). The smallest absolute Gasteiger partial charge is 0.219 e. The third-order valence-electron chi connectivity index (χ3n) is 3.62. The van der Waals surface area contributed by atoms with Gasteiger partial charge in [0.2, 0.25) is 5.91 Å². The second kappa shape index (κ2) is 8.33. The van der Waals surface area contributed by atoms with E-state index in [0.717, 1.165) is 10.4 Å². The minimum atomic E-state index is -0.403. The van der Waals surface area contributed by atoms with Crippen molar-refractivity contribution in [2.75, 3.05) is 7.11 Å². The maximum Gasteiger partial charge on any atom is 0.219 e. The Morgan fingerprint density at radius 2 is 2.23 bits per heavy atom. The summed E-state index contributed by atoms with van der Waals surface area (Å²) in [6.45, 7) is 0.398. The Balaban J connectivity index is 1.80. The van der Waals surface area contributed by atoms with Gasteiger partial charge in [0.05, 0.1) is 12.0 Å². The summed E-state index contributed by atoms with van der Waals surface area (Å²) in [5, 5.41) is 11.1. The van der Waals surface area contributed by atoms with E-state index in [0.29, 0.717) is 23.3 Å². The van der Waals surface area contributed by atoms with Crippen molar-refractivity contribution >= 4 is 29.0 Å². The molecule has 0 saturated heterocycles. The molecule has 136 valence electrons. The molecule has 1 amide bonds. The van der Waals surface area contributed by atoms with E-state index in [1.165, 1.54) is 24.9 Å². The average molecular weight is 392 g/mol. The number of thioether (sulfide) groups is 1. The first kappa shape index (κ1) is 18.4. The maximum atomic E-state index is 13.8. The van der Waals surface area contributed by atoms with Crippen molar-refractivity contribution < 1.29 is 13.9 Å². The van der Waals surface area contributed by atoms with Crippen molar-refractivity contribution in [3.63, 3.8) is 0 Å².